The molecule has 2 aliphatic heterocycles. The highest BCUT2D eigenvalue weighted by Gasteiger charge is 2.54. The van der Waals surface area contributed by atoms with E-state index in [9.17, 15) is 30.0 Å². The van der Waals surface area contributed by atoms with E-state index in [1.54, 1.807) is 18.2 Å². The van der Waals surface area contributed by atoms with Crippen LogP contribution in [0.15, 0.2) is 37.4 Å². The summed E-state index contributed by atoms with van der Waals surface area (Å²) in [6.45, 7) is 15.2. The van der Waals surface area contributed by atoms with Crippen molar-refractivity contribution in [2.45, 2.75) is 64.6 Å². The van der Waals surface area contributed by atoms with E-state index in [-0.39, 0.29) is 30.7 Å². The van der Waals surface area contributed by atoms with Crippen LogP contribution < -0.4 is 0 Å². The Bertz CT molecular complexity index is 1940. The Morgan fingerprint density at radius 1 is 0.795 bits per heavy atom. The van der Waals surface area contributed by atoms with E-state index in [0.717, 1.165) is 44.4 Å². The zero-order valence-corrected chi connectivity index (χ0v) is 25.2. The molecule has 0 aromatic carbocycles. The number of carboxylic acids is 2. The van der Waals surface area contributed by atoms with Gasteiger partial charge in [-0.15, -0.1) is 0 Å². The number of hydrogen-bond donors (Lipinski definition) is 6. The molecule has 0 radical (unpaired) electrons. The van der Waals surface area contributed by atoms with Crippen LogP contribution in [0.3, 0.4) is 0 Å². The van der Waals surface area contributed by atoms with Gasteiger partial charge >= 0.3 is 11.9 Å². The second kappa shape index (κ2) is 11.0. The maximum atomic E-state index is 12.0. The fourth-order valence-electron chi connectivity index (χ4n) is 6.11. The van der Waals surface area contributed by atoms with E-state index < -0.39 is 29.6 Å². The van der Waals surface area contributed by atoms with Crippen LogP contribution in [0.4, 0.5) is 0 Å². The van der Waals surface area contributed by atoms with Gasteiger partial charge in [0.1, 0.15) is 11.2 Å². The molecule has 0 amide bonds. The third kappa shape index (κ3) is 4.95. The SMILES string of the molecule is C=Cc1c(C)c2cc3[nH]c(cc4nc(cc5nc(cc1[nH]2)C(C)(O)C5(O)CCC(=O)O)C(CCC(=O)O)=C4C)c(C)c3C=C. The van der Waals surface area contributed by atoms with E-state index >= 15 is 0 Å². The molecule has 6 N–H and O–H groups in total. The van der Waals surface area contributed by atoms with Crippen molar-refractivity contribution in [1.82, 2.24) is 19.9 Å². The predicted molar refractivity (Wildman–Crippen MR) is 170 cm³/mol. The second-order valence-electron chi connectivity index (χ2n) is 11.6. The van der Waals surface area contributed by atoms with E-state index in [1.807, 2.05) is 32.9 Å². The summed E-state index contributed by atoms with van der Waals surface area (Å²) in [7, 11) is 0. The Hall–Kier alpha value is -4.80. The molecule has 0 saturated carbocycles. The summed E-state index contributed by atoms with van der Waals surface area (Å²) in [5, 5.41) is 42.8. The van der Waals surface area contributed by atoms with Crippen LogP contribution in [0.2, 0.25) is 0 Å². The standard InChI is InChI=1S/C34H36N4O6/c1-7-20-17(3)23-13-24-19(5)22(9-10-31(39)40)28(37-24)16-30-34(44,12-11-32(41)42)33(6,43)29(38-30)15-27-21(8-2)18(4)25(36-27)14-26(20)35-23/h7-8,13-16,35-36,43-44H,1-2,9-12H2,3-6H3,(H,39,40)(H,41,42). The lowest BCUT2D eigenvalue weighted by atomic mass is 9.78. The highest BCUT2D eigenvalue weighted by Crippen LogP contribution is 2.47. The summed E-state index contributed by atoms with van der Waals surface area (Å²) in [6.07, 6.45) is 2.75. The number of fused-ring (bicyclic) bond motifs is 8. The van der Waals surface area contributed by atoms with Crippen molar-refractivity contribution in [3.63, 3.8) is 0 Å². The van der Waals surface area contributed by atoms with E-state index in [1.165, 1.54) is 13.0 Å². The number of aromatic amines is 2. The fraction of sp³-hybridized carbons (Fsp3) is 0.294. The van der Waals surface area contributed by atoms with Gasteiger partial charge in [0.05, 0.1) is 22.8 Å². The van der Waals surface area contributed by atoms with E-state index in [2.05, 4.69) is 28.1 Å². The third-order valence-electron chi connectivity index (χ3n) is 8.91. The average molecular weight is 597 g/mol. The molecule has 5 rings (SSSR count). The first-order valence-corrected chi connectivity index (χ1v) is 14.3. The van der Waals surface area contributed by atoms with Crippen molar-refractivity contribution in [3.05, 3.63) is 82.5 Å². The molecule has 2 aliphatic rings. The smallest absolute Gasteiger partial charge is 0.303 e. The van der Waals surface area contributed by atoms with Crippen molar-refractivity contribution >= 4 is 57.3 Å². The quantitative estimate of drug-likeness (QED) is 0.184. The number of nitrogens with zero attached hydrogens (tertiary/aromatic N) is 2. The molecule has 3 aromatic rings. The first-order chi connectivity index (χ1) is 20.7. The molecule has 10 heteroatoms. The monoisotopic (exact) mass is 596 g/mol. The number of aliphatic hydroxyl groups is 2. The molecule has 0 fully saturated rings. The minimum Gasteiger partial charge on any atom is -0.481 e. The zero-order valence-electron chi connectivity index (χ0n) is 25.2. The molecule has 10 nitrogen and oxygen atoms in total. The summed E-state index contributed by atoms with van der Waals surface area (Å²) in [4.78, 5) is 39.5. The Labute approximate surface area is 254 Å². The molecule has 8 bridgehead atoms. The fourth-order valence-corrected chi connectivity index (χ4v) is 6.11. The number of aromatic nitrogens is 4. The molecule has 2 unspecified atom stereocenters. The first kappa shape index (κ1) is 30.7. The number of carboxylic acid groups (broad SMARTS) is 2. The minimum atomic E-state index is -2.08. The molecule has 0 spiro atoms. The van der Waals surface area contributed by atoms with Gasteiger partial charge in [0.15, 0.2) is 0 Å². The highest BCUT2D eigenvalue weighted by atomic mass is 16.4. The Kier molecular flexibility index (Phi) is 7.69. The number of aliphatic carboxylic acids is 2. The first-order valence-electron chi connectivity index (χ1n) is 14.3. The Balaban J connectivity index is 1.97. The topological polar surface area (TPSA) is 172 Å². The van der Waals surface area contributed by atoms with Crippen LogP contribution in [-0.2, 0) is 20.8 Å². The number of H-pyrrole nitrogens is 2. The van der Waals surface area contributed by atoms with Gasteiger partial charge in [-0.2, -0.15) is 0 Å². The van der Waals surface area contributed by atoms with Crippen LogP contribution in [0.5, 0.6) is 0 Å². The molecule has 228 valence electrons. The van der Waals surface area contributed by atoms with Crippen molar-refractivity contribution in [3.8, 4) is 0 Å². The largest absolute Gasteiger partial charge is 0.481 e. The van der Waals surface area contributed by atoms with Crippen LogP contribution in [0.1, 0.15) is 84.6 Å². The van der Waals surface area contributed by atoms with Crippen LogP contribution in [0, 0.1) is 13.8 Å². The minimum absolute atomic E-state index is 0.0326. The van der Waals surface area contributed by atoms with Gasteiger partial charge in [-0.05, 0) is 87.1 Å². The molecule has 0 aliphatic carbocycles. The summed E-state index contributed by atoms with van der Waals surface area (Å²) < 4.78 is 0. The number of carbonyl (C=O) groups is 2. The molecule has 2 atom stereocenters. The Morgan fingerprint density at radius 3 is 1.93 bits per heavy atom. The van der Waals surface area contributed by atoms with Gasteiger partial charge in [-0.3, -0.25) is 14.6 Å². The molecule has 5 heterocycles. The Morgan fingerprint density at radius 2 is 1.36 bits per heavy atom. The van der Waals surface area contributed by atoms with Gasteiger partial charge in [0, 0.05) is 46.0 Å². The van der Waals surface area contributed by atoms with Gasteiger partial charge in [-0.25, -0.2) is 4.98 Å². The molecule has 3 aromatic heterocycles. The zero-order chi connectivity index (χ0) is 32.1. The lowest BCUT2D eigenvalue weighted by molar-refractivity contribution is -0.159. The maximum Gasteiger partial charge on any atom is 0.303 e. The van der Waals surface area contributed by atoms with E-state index in [0.29, 0.717) is 22.5 Å². The molecular formula is C34H36N4O6. The average Bonchev–Trinajstić information content (AvgIpc) is 3.58. The normalized spacial score (nSPS) is 19.7. The third-order valence-corrected chi connectivity index (χ3v) is 8.91. The number of hydrogen-bond acceptors (Lipinski definition) is 6. The number of allylic oxidation sites excluding steroid dienone is 2. The van der Waals surface area contributed by atoms with Crippen molar-refractivity contribution in [2.75, 3.05) is 0 Å². The van der Waals surface area contributed by atoms with Crippen LogP contribution >= 0.6 is 0 Å². The summed E-state index contributed by atoms with van der Waals surface area (Å²) in [5.41, 5.74) is 5.00. The second-order valence-corrected chi connectivity index (χ2v) is 11.6. The van der Waals surface area contributed by atoms with Gasteiger partial charge in [0.2, 0.25) is 0 Å². The van der Waals surface area contributed by atoms with Gasteiger partial charge in [0.25, 0.3) is 0 Å². The molecule has 0 saturated heterocycles. The van der Waals surface area contributed by atoms with Gasteiger partial charge in [-0.1, -0.05) is 25.3 Å². The number of aryl methyl sites for hydroxylation is 2. The molecule has 44 heavy (non-hydrogen) atoms. The van der Waals surface area contributed by atoms with Gasteiger partial charge < -0.3 is 30.4 Å². The summed E-state index contributed by atoms with van der Waals surface area (Å²) in [6, 6.07) is 7.01. The summed E-state index contributed by atoms with van der Waals surface area (Å²) >= 11 is 0. The van der Waals surface area contributed by atoms with Crippen molar-refractivity contribution in [1.29, 1.82) is 0 Å². The molecular weight excluding hydrogens is 560 g/mol. The lowest BCUT2D eigenvalue weighted by Gasteiger charge is -2.35. The van der Waals surface area contributed by atoms with Crippen molar-refractivity contribution in [2.24, 2.45) is 0 Å². The maximum absolute atomic E-state index is 12.0. The highest BCUT2D eigenvalue weighted by molar-refractivity contribution is 5.93. The number of rotatable bonds is 8. The lowest BCUT2D eigenvalue weighted by Crippen LogP contribution is -2.44. The van der Waals surface area contributed by atoms with Crippen LogP contribution in [-0.4, -0.2) is 52.3 Å². The van der Waals surface area contributed by atoms with Crippen molar-refractivity contribution < 1.29 is 30.0 Å². The van der Waals surface area contributed by atoms with E-state index in [4.69, 9.17) is 4.98 Å². The number of nitrogens with one attached hydrogen (secondary N) is 2. The predicted octanol–water partition coefficient (Wildman–Crippen LogP) is 5.97. The van der Waals surface area contributed by atoms with Crippen LogP contribution in [0.25, 0.3) is 45.4 Å². The summed E-state index contributed by atoms with van der Waals surface area (Å²) in [5.74, 6) is -2.11.